The van der Waals surface area contributed by atoms with E-state index < -0.39 is 23.4 Å². The van der Waals surface area contributed by atoms with Gasteiger partial charge in [-0.25, -0.2) is 8.78 Å². The number of rotatable bonds is 5. The van der Waals surface area contributed by atoms with Crippen molar-refractivity contribution in [3.63, 3.8) is 0 Å². The number of nitrogens with zero attached hydrogens (tertiary/aromatic N) is 1. The first-order valence-corrected chi connectivity index (χ1v) is 9.77. The fourth-order valence-corrected chi connectivity index (χ4v) is 2.97. The van der Waals surface area contributed by atoms with Crippen LogP contribution in [-0.4, -0.2) is 36.6 Å². The van der Waals surface area contributed by atoms with Gasteiger partial charge < -0.3 is 15.5 Å². The van der Waals surface area contributed by atoms with Crippen molar-refractivity contribution in [3.05, 3.63) is 94.0 Å². The van der Waals surface area contributed by atoms with E-state index in [4.69, 9.17) is 17.0 Å². The van der Waals surface area contributed by atoms with Gasteiger partial charge in [0.05, 0.1) is 16.8 Å². The van der Waals surface area contributed by atoms with Crippen molar-refractivity contribution in [1.29, 1.82) is 5.41 Å². The van der Waals surface area contributed by atoms with E-state index in [1.54, 1.807) is 38.4 Å². The number of carbonyl (C=O) groups excluding carboxylic acids is 2. The van der Waals surface area contributed by atoms with Crippen LogP contribution < -0.4 is 10.6 Å². The molecule has 0 bridgehead atoms. The number of amidine groups is 1. The van der Waals surface area contributed by atoms with E-state index in [1.807, 2.05) is 0 Å². The third-order valence-electron chi connectivity index (χ3n) is 4.51. The first-order chi connectivity index (χ1) is 15.2. The van der Waals surface area contributed by atoms with Crippen molar-refractivity contribution in [2.24, 2.45) is 0 Å². The zero-order chi connectivity index (χ0) is 23.4. The summed E-state index contributed by atoms with van der Waals surface area (Å²) in [4.78, 5) is 26.8. The molecule has 0 radical (unpaired) electrons. The van der Waals surface area contributed by atoms with E-state index >= 15 is 0 Å². The number of benzene rings is 3. The lowest BCUT2D eigenvalue weighted by molar-refractivity contribution is 0.102. The van der Waals surface area contributed by atoms with Crippen LogP contribution in [0.25, 0.3) is 0 Å². The summed E-state index contributed by atoms with van der Waals surface area (Å²) in [6.45, 7) is 0. The van der Waals surface area contributed by atoms with Gasteiger partial charge in [0.25, 0.3) is 11.8 Å². The summed E-state index contributed by atoms with van der Waals surface area (Å²) in [5.41, 5.74) is 0.306. The monoisotopic (exact) mass is 456 g/mol. The summed E-state index contributed by atoms with van der Waals surface area (Å²) in [5, 5.41) is 13.4. The van der Waals surface area contributed by atoms with Gasteiger partial charge in [-0.1, -0.05) is 17.7 Å². The van der Waals surface area contributed by atoms with Gasteiger partial charge in [0.1, 0.15) is 17.5 Å². The molecule has 164 valence electrons. The molecular formula is C23H19ClF2N4O2. The minimum atomic E-state index is -0.833. The van der Waals surface area contributed by atoms with E-state index in [2.05, 4.69) is 10.6 Å². The van der Waals surface area contributed by atoms with Crippen LogP contribution in [0.5, 0.6) is 0 Å². The van der Waals surface area contributed by atoms with Crippen LogP contribution in [0.4, 0.5) is 20.2 Å². The average molecular weight is 457 g/mol. The van der Waals surface area contributed by atoms with Crippen molar-refractivity contribution in [3.8, 4) is 0 Å². The van der Waals surface area contributed by atoms with Crippen LogP contribution in [0.3, 0.4) is 0 Å². The van der Waals surface area contributed by atoms with E-state index in [-0.39, 0.29) is 22.6 Å². The normalized spacial score (nSPS) is 10.4. The maximum absolute atomic E-state index is 14.5. The van der Waals surface area contributed by atoms with E-state index in [0.717, 1.165) is 18.2 Å². The fourth-order valence-electron chi connectivity index (χ4n) is 2.84. The number of hydrogen-bond acceptors (Lipinski definition) is 3. The number of nitrogens with one attached hydrogen (secondary N) is 3. The lowest BCUT2D eigenvalue weighted by atomic mass is 10.1. The van der Waals surface area contributed by atoms with Gasteiger partial charge in [-0.2, -0.15) is 0 Å². The SMILES string of the molecule is CN(C)C(=N)c1ccc(C(=O)Nc2ccc(F)cc2C(=O)Nc2ccc(Cl)cc2)c(F)c1. The van der Waals surface area contributed by atoms with Crippen LogP contribution in [0.15, 0.2) is 60.7 Å². The molecule has 3 aromatic rings. The number of amides is 2. The Morgan fingerprint density at radius 3 is 2.16 bits per heavy atom. The van der Waals surface area contributed by atoms with Gasteiger partial charge in [-0.15, -0.1) is 0 Å². The minimum absolute atomic E-state index is 0.00683. The molecule has 0 saturated heterocycles. The number of anilines is 2. The smallest absolute Gasteiger partial charge is 0.258 e. The Morgan fingerprint density at radius 1 is 0.875 bits per heavy atom. The molecule has 0 spiro atoms. The third-order valence-corrected chi connectivity index (χ3v) is 4.76. The largest absolute Gasteiger partial charge is 0.363 e. The maximum atomic E-state index is 14.5. The summed E-state index contributed by atoms with van der Waals surface area (Å²) in [5.74, 6) is -2.92. The Balaban J connectivity index is 1.84. The van der Waals surface area contributed by atoms with Crippen LogP contribution in [-0.2, 0) is 0 Å². The Hall–Kier alpha value is -3.78. The number of carbonyl (C=O) groups is 2. The van der Waals surface area contributed by atoms with Crippen molar-refractivity contribution < 1.29 is 18.4 Å². The molecule has 0 aliphatic rings. The van der Waals surface area contributed by atoms with Crippen LogP contribution in [0, 0.1) is 17.0 Å². The van der Waals surface area contributed by atoms with Crippen molar-refractivity contribution >= 4 is 40.6 Å². The third kappa shape index (κ3) is 5.28. The van der Waals surface area contributed by atoms with Crippen LogP contribution in [0.1, 0.15) is 26.3 Å². The predicted molar refractivity (Wildman–Crippen MR) is 121 cm³/mol. The molecule has 3 aromatic carbocycles. The highest BCUT2D eigenvalue weighted by atomic mass is 35.5. The second kappa shape index (κ2) is 9.57. The molecule has 2 amide bonds. The highest BCUT2D eigenvalue weighted by Crippen LogP contribution is 2.22. The van der Waals surface area contributed by atoms with Gasteiger partial charge in [0.2, 0.25) is 0 Å². The molecule has 9 heteroatoms. The molecule has 3 rings (SSSR count). The zero-order valence-corrected chi connectivity index (χ0v) is 17.9. The molecule has 3 N–H and O–H groups in total. The Bertz CT molecular complexity index is 1200. The van der Waals surface area contributed by atoms with E-state index in [1.165, 1.54) is 23.1 Å². The average Bonchev–Trinajstić information content (AvgIpc) is 2.75. The molecule has 0 atom stereocenters. The molecule has 0 saturated carbocycles. The van der Waals surface area contributed by atoms with E-state index in [9.17, 15) is 18.4 Å². The molecule has 0 aliphatic heterocycles. The Kier molecular flexibility index (Phi) is 6.85. The highest BCUT2D eigenvalue weighted by Gasteiger charge is 2.19. The van der Waals surface area contributed by atoms with Crippen molar-refractivity contribution in [2.45, 2.75) is 0 Å². The molecular weight excluding hydrogens is 438 g/mol. The second-order valence-electron chi connectivity index (χ2n) is 7.04. The summed E-state index contributed by atoms with van der Waals surface area (Å²) in [6.07, 6.45) is 0. The molecule has 0 unspecified atom stereocenters. The Morgan fingerprint density at radius 2 is 1.53 bits per heavy atom. The van der Waals surface area contributed by atoms with Gasteiger partial charge in [0.15, 0.2) is 0 Å². The van der Waals surface area contributed by atoms with Gasteiger partial charge in [-0.3, -0.25) is 15.0 Å². The molecule has 0 aliphatic carbocycles. The van der Waals surface area contributed by atoms with Crippen molar-refractivity contribution in [2.75, 3.05) is 24.7 Å². The number of halogens is 3. The summed E-state index contributed by atoms with van der Waals surface area (Å²) >= 11 is 5.83. The second-order valence-corrected chi connectivity index (χ2v) is 7.48. The van der Waals surface area contributed by atoms with Crippen LogP contribution >= 0.6 is 11.6 Å². The first kappa shape index (κ1) is 22.9. The first-order valence-electron chi connectivity index (χ1n) is 9.39. The predicted octanol–water partition coefficient (Wildman–Crippen LogP) is 5.01. The summed E-state index contributed by atoms with van der Waals surface area (Å²) < 4.78 is 28.4. The topological polar surface area (TPSA) is 85.3 Å². The van der Waals surface area contributed by atoms with Gasteiger partial charge >= 0.3 is 0 Å². The molecule has 0 heterocycles. The molecule has 0 aromatic heterocycles. The summed E-state index contributed by atoms with van der Waals surface area (Å²) in [6, 6.07) is 13.3. The van der Waals surface area contributed by atoms with Crippen LogP contribution in [0.2, 0.25) is 5.02 Å². The zero-order valence-electron chi connectivity index (χ0n) is 17.2. The van der Waals surface area contributed by atoms with Crippen molar-refractivity contribution in [1.82, 2.24) is 4.90 Å². The Labute approximate surface area is 188 Å². The molecule has 32 heavy (non-hydrogen) atoms. The number of hydrogen-bond donors (Lipinski definition) is 3. The highest BCUT2D eigenvalue weighted by molar-refractivity contribution is 6.30. The standard InChI is InChI=1S/C23H19ClF2N4O2/c1-30(2)21(27)13-3-9-17(19(26)11-13)22(31)29-20-10-6-15(25)12-18(20)23(32)28-16-7-4-14(24)5-8-16/h3-12,27H,1-2H3,(H,28,32)(H,29,31). The lowest BCUT2D eigenvalue weighted by Gasteiger charge is -2.15. The fraction of sp³-hybridized carbons (Fsp3) is 0.0870. The molecule has 0 fully saturated rings. The van der Waals surface area contributed by atoms with E-state index in [0.29, 0.717) is 16.3 Å². The lowest BCUT2D eigenvalue weighted by Crippen LogP contribution is -2.23. The van der Waals surface area contributed by atoms with Gasteiger partial charge in [-0.05, 0) is 54.6 Å². The quantitative estimate of drug-likeness (QED) is 0.372. The maximum Gasteiger partial charge on any atom is 0.258 e. The van der Waals surface area contributed by atoms with Gasteiger partial charge in [0, 0.05) is 30.4 Å². The minimum Gasteiger partial charge on any atom is -0.363 e. The molecule has 6 nitrogen and oxygen atoms in total. The summed E-state index contributed by atoms with van der Waals surface area (Å²) in [7, 11) is 3.29.